The number of rotatable bonds is 3. The molecule has 0 saturated carbocycles. The van der Waals surface area contributed by atoms with Gasteiger partial charge < -0.3 is 5.32 Å². The van der Waals surface area contributed by atoms with E-state index in [0.29, 0.717) is 6.54 Å². The van der Waals surface area contributed by atoms with Crippen LogP contribution in [-0.4, -0.2) is 43.0 Å². The number of anilines is 1. The number of nitrogens with zero attached hydrogens (tertiary/aromatic N) is 5. The summed E-state index contributed by atoms with van der Waals surface area (Å²) >= 11 is 0. The zero-order chi connectivity index (χ0) is 18.3. The van der Waals surface area contributed by atoms with Crippen LogP contribution in [0, 0.1) is 13.8 Å². The third-order valence-corrected chi connectivity index (χ3v) is 4.95. The van der Waals surface area contributed by atoms with E-state index in [0.717, 1.165) is 41.3 Å². The van der Waals surface area contributed by atoms with Crippen molar-refractivity contribution in [1.29, 1.82) is 0 Å². The minimum atomic E-state index is -0.309. The Hall–Kier alpha value is -2.48. The molecule has 0 radical (unpaired) electrons. The molecule has 0 unspecified atom stereocenters. The van der Waals surface area contributed by atoms with E-state index in [2.05, 4.69) is 20.4 Å². The molecule has 1 N–H and O–H groups in total. The number of fused-ring (bicyclic) bond motifs is 1. The number of hydrogen-bond donors (Lipinski definition) is 1. The molecular weight excluding hydrogens is 320 g/mol. The number of carbonyl (C=O) groups excluding carboxylic acids is 1. The molecule has 0 aromatic carbocycles. The summed E-state index contributed by atoms with van der Waals surface area (Å²) in [4.78, 5) is 26.6. The molecule has 0 saturated heterocycles. The largest absolute Gasteiger partial charge is 0.322 e. The van der Waals surface area contributed by atoms with Gasteiger partial charge in [-0.1, -0.05) is 0 Å². The summed E-state index contributed by atoms with van der Waals surface area (Å²) in [5.41, 5.74) is 4.21. The molecule has 2 aromatic heterocycles. The van der Waals surface area contributed by atoms with Crippen LogP contribution >= 0.6 is 0 Å². The number of aromatic nitrogens is 4. The van der Waals surface area contributed by atoms with Crippen LogP contribution in [0.3, 0.4) is 0 Å². The summed E-state index contributed by atoms with van der Waals surface area (Å²) in [5.74, 6) is -0.0700. The number of carbonyl (C=O) groups is 1. The number of aryl methyl sites for hydroxylation is 3. The van der Waals surface area contributed by atoms with Gasteiger partial charge in [-0.3, -0.25) is 19.2 Å². The third kappa shape index (κ3) is 3.21. The summed E-state index contributed by atoms with van der Waals surface area (Å²) in [6.45, 7) is 6.98. The molecule has 1 aliphatic heterocycles. The quantitative estimate of drug-likeness (QED) is 0.877. The van der Waals surface area contributed by atoms with Crippen LogP contribution in [0.1, 0.15) is 29.6 Å². The predicted molar refractivity (Wildman–Crippen MR) is 94.4 cm³/mol. The minimum Gasteiger partial charge on any atom is -0.322 e. The molecule has 1 aliphatic rings. The van der Waals surface area contributed by atoms with E-state index in [4.69, 9.17) is 0 Å². The highest BCUT2D eigenvalue weighted by molar-refractivity contribution is 5.95. The van der Waals surface area contributed by atoms with Crippen molar-refractivity contribution in [2.75, 3.05) is 11.9 Å². The molecule has 0 spiro atoms. The van der Waals surface area contributed by atoms with Gasteiger partial charge in [0.15, 0.2) is 0 Å². The lowest BCUT2D eigenvalue weighted by atomic mass is 10.0. The Kier molecular flexibility index (Phi) is 4.47. The molecule has 134 valence electrons. The molecule has 1 atom stereocenters. The molecule has 8 nitrogen and oxygen atoms in total. The van der Waals surface area contributed by atoms with Gasteiger partial charge in [-0.05, 0) is 26.3 Å². The van der Waals surface area contributed by atoms with Crippen LogP contribution in [-0.2, 0) is 31.9 Å². The van der Waals surface area contributed by atoms with Crippen LogP contribution < -0.4 is 10.9 Å². The topological polar surface area (TPSA) is 85.1 Å². The fourth-order valence-corrected chi connectivity index (χ4v) is 3.19. The van der Waals surface area contributed by atoms with Crippen molar-refractivity contribution in [2.24, 2.45) is 14.1 Å². The summed E-state index contributed by atoms with van der Waals surface area (Å²) in [7, 11) is 3.51. The Morgan fingerprint density at radius 3 is 2.60 bits per heavy atom. The fourth-order valence-electron chi connectivity index (χ4n) is 3.19. The summed E-state index contributed by atoms with van der Waals surface area (Å²) in [6.07, 6.45) is 0.728. The first kappa shape index (κ1) is 17.3. The standard InChI is InChI=1S/C17H24N6O2/c1-10-16(11(2)21(4)19-10)18-17(25)12(3)23-7-6-14-13(9-23)8-15(24)22(5)20-14/h8,12H,6-7,9H2,1-5H3,(H,18,25)/t12-/m1/s1. The van der Waals surface area contributed by atoms with Gasteiger partial charge in [0.2, 0.25) is 5.91 Å². The zero-order valence-electron chi connectivity index (χ0n) is 15.3. The average molecular weight is 344 g/mol. The van der Waals surface area contributed by atoms with E-state index in [1.807, 2.05) is 27.8 Å². The molecule has 2 aromatic rings. The van der Waals surface area contributed by atoms with E-state index >= 15 is 0 Å². The van der Waals surface area contributed by atoms with E-state index in [-0.39, 0.29) is 17.5 Å². The van der Waals surface area contributed by atoms with E-state index in [1.165, 1.54) is 4.68 Å². The SMILES string of the molecule is Cc1nn(C)c(C)c1NC(=O)[C@@H](C)N1CCc2nn(C)c(=O)cc2C1. The van der Waals surface area contributed by atoms with E-state index in [9.17, 15) is 9.59 Å². The maximum atomic E-state index is 12.7. The van der Waals surface area contributed by atoms with Gasteiger partial charge in [-0.15, -0.1) is 0 Å². The molecular formula is C17H24N6O2. The Morgan fingerprint density at radius 1 is 1.24 bits per heavy atom. The molecule has 8 heteroatoms. The lowest BCUT2D eigenvalue weighted by Crippen LogP contribution is -2.45. The molecule has 0 fully saturated rings. The van der Waals surface area contributed by atoms with Gasteiger partial charge in [0.05, 0.1) is 28.8 Å². The summed E-state index contributed by atoms with van der Waals surface area (Å²) < 4.78 is 3.12. The van der Waals surface area contributed by atoms with Crippen molar-refractivity contribution in [3.05, 3.63) is 39.1 Å². The molecule has 1 amide bonds. The lowest BCUT2D eigenvalue weighted by Gasteiger charge is -2.32. The van der Waals surface area contributed by atoms with Crippen LogP contribution in [0.4, 0.5) is 5.69 Å². The van der Waals surface area contributed by atoms with Gasteiger partial charge >= 0.3 is 0 Å². The van der Waals surface area contributed by atoms with Crippen molar-refractivity contribution in [3.63, 3.8) is 0 Å². The van der Waals surface area contributed by atoms with Crippen molar-refractivity contribution in [2.45, 2.75) is 39.8 Å². The lowest BCUT2D eigenvalue weighted by molar-refractivity contribution is -0.121. The zero-order valence-corrected chi connectivity index (χ0v) is 15.3. The van der Waals surface area contributed by atoms with Gasteiger partial charge in [0.1, 0.15) is 0 Å². The Labute approximate surface area is 146 Å². The summed E-state index contributed by atoms with van der Waals surface area (Å²) in [6, 6.07) is 1.31. The smallest absolute Gasteiger partial charge is 0.266 e. The van der Waals surface area contributed by atoms with Gasteiger partial charge in [-0.25, -0.2) is 4.68 Å². The Morgan fingerprint density at radius 2 is 1.96 bits per heavy atom. The highest BCUT2D eigenvalue weighted by Gasteiger charge is 2.27. The number of amides is 1. The first-order chi connectivity index (χ1) is 11.8. The second-order valence-corrected chi connectivity index (χ2v) is 6.63. The monoisotopic (exact) mass is 344 g/mol. The van der Waals surface area contributed by atoms with Gasteiger partial charge in [0, 0.05) is 39.7 Å². The van der Waals surface area contributed by atoms with Crippen molar-refractivity contribution in [1.82, 2.24) is 24.5 Å². The molecule has 3 rings (SSSR count). The van der Waals surface area contributed by atoms with E-state index in [1.54, 1.807) is 17.8 Å². The Bertz CT molecular complexity index is 882. The molecule has 0 bridgehead atoms. The van der Waals surface area contributed by atoms with Crippen molar-refractivity contribution >= 4 is 11.6 Å². The predicted octanol–water partition coefficient (Wildman–Crippen LogP) is 0.516. The first-order valence-electron chi connectivity index (χ1n) is 8.39. The molecule has 0 aliphatic carbocycles. The highest BCUT2D eigenvalue weighted by Crippen LogP contribution is 2.21. The van der Waals surface area contributed by atoms with Crippen LogP contribution in [0.15, 0.2) is 10.9 Å². The van der Waals surface area contributed by atoms with Crippen LogP contribution in [0.25, 0.3) is 0 Å². The van der Waals surface area contributed by atoms with Gasteiger partial charge in [0.25, 0.3) is 5.56 Å². The fraction of sp³-hybridized carbons (Fsp3) is 0.529. The normalized spacial score (nSPS) is 15.7. The maximum Gasteiger partial charge on any atom is 0.266 e. The number of nitrogens with one attached hydrogen (secondary N) is 1. The first-order valence-corrected chi connectivity index (χ1v) is 8.39. The number of hydrogen-bond acceptors (Lipinski definition) is 5. The van der Waals surface area contributed by atoms with Gasteiger partial charge in [-0.2, -0.15) is 10.2 Å². The van der Waals surface area contributed by atoms with Crippen LogP contribution in [0.2, 0.25) is 0 Å². The van der Waals surface area contributed by atoms with E-state index < -0.39 is 0 Å². The van der Waals surface area contributed by atoms with Crippen LogP contribution in [0.5, 0.6) is 0 Å². The van der Waals surface area contributed by atoms with Crippen molar-refractivity contribution in [3.8, 4) is 0 Å². The molecule has 25 heavy (non-hydrogen) atoms. The second-order valence-electron chi connectivity index (χ2n) is 6.63. The highest BCUT2D eigenvalue weighted by atomic mass is 16.2. The average Bonchev–Trinajstić information content (AvgIpc) is 2.81. The molecule has 3 heterocycles. The minimum absolute atomic E-state index is 0.0700. The van der Waals surface area contributed by atoms with Crippen molar-refractivity contribution < 1.29 is 4.79 Å². The summed E-state index contributed by atoms with van der Waals surface area (Å²) in [5, 5.41) is 11.6. The second kappa shape index (κ2) is 6.44. The Balaban J connectivity index is 1.75. The maximum absolute atomic E-state index is 12.7. The third-order valence-electron chi connectivity index (χ3n) is 4.95.